The first-order valence-electron chi connectivity index (χ1n) is 7.52. The predicted octanol–water partition coefficient (Wildman–Crippen LogP) is 2.86. The van der Waals surface area contributed by atoms with Gasteiger partial charge in [0.2, 0.25) is 5.91 Å². The molecule has 0 atom stereocenters. The normalized spacial score (nSPS) is 17.9. The molecule has 0 aliphatic heterocycles. The van der Waals surface area contributed by atoms with Gasteiger partial charge in [-0.15, -0.1) is 0 Å². The van der Waals surface area contributed by atoms with E-state index in [-0.39, 0.29) is 11.4 Å². The Hall–Kier alpha value is -1.29. The first kappa shape index (κ1) is 15.1. The molecule has 1 N–H and O–H groups in total. The molecule has 4 nitrogen and oxygen atoms in total. The molecule has 0 aromatic carbocycles. The van der Waals surface area contributed by atoms with Crippen molar-refractivity contribution >= 4 is 5.91 Å². The molecule has 4 heteroatoms. The molecule has 20 heavy (non-hydrogen) atoms. The first-order valence-corrected chi connectivity index (χ1v) is 7.52. The minimum absolute atomic E-state index is 0.00896. The van der Waals surface area contributed by atoms with Crippen LogP contribution in [0.4, 0.5) is 0 Å². The molecule has 1 heterocycles. The fourth-order valence-corrected chi connectivity index (χ4v) is 3.09. The van der Waals surface area contributed by atoms with E-state index in [0.717, 1.165) is 24.2 Å². The molecule has 2 rings (SSSR count). The van der Waals surface area contributed by atoms with Gasteiger partial charge in [-0.25, -0.2) is 0 Å². The molecule has 1 saturated carbocycles. The SMILES string of the molecule is CNC1(CC(=O)N(C)Cc2ccoc2C)CCCCC1. The van der Waals surface area contributed by atoms with Gasteiger partial charge < -0.3 is 14.6 Å². The molecule has 1 aliphatic carbocycles. The fraction of sp³-hybridized carbons (Fsp3) is 0.688. The minimum atomic E-state index is 0.00896. The van der Waals surface area contributed by atoms with Crippen LogP contribution in [0.3, 0.4) is 0 Å². The van der Waals surface area contributed by atoms with E-state index in [1.165, 1.54) is 19.3 Å². The number of hydrogen-bond donors (Lipinski definition) is 1. The van der Waals surface area contributed by atoms with Crippen molar-refractivity contribution in [3.8, 4) is 0 Å². The van der Waals surface area contributed by atoms with Gasteiger partial charge in [-0.3, -0.25) is 4.79 Å². The topological polar surface area (TPSA) is 45.5 Å². The molecule has 1 aliphatic rings. The second-order valence-corrected chi connectivity index (χ2v) is 6.02. The third-order valence-corrected chi connectivity index (χ3v) is 4.63. The Bertz CT molecular complexity index is 447. The molecule has 0 spiro atoms. The highest BCUT2D eigenvalue weighted by atomic mass is 16.3. The fourth-order valence-electron chi connectivity index (χ4n) is 3.09. The van der Waals surface area contributed by atoms with Crippen molar-refractivity contribution in [3.63, 3.8) is 0 Å². The third-order valence-electron chi connectivity index (χ3n) is 4.63. The van der Waals surface area contributed by atoms with Crippen molar-refractivity contribution in [2.45, 2.75) is 57.5 Å². The van der Waals surface area contributed by atoms with Crippen LogP contribution in [0.2, 0.25) is 0 Å². The lowest BCUT2D eigenvalue weighted by atomic mass is 9.79. The smallest absolute Gasteiger partial charge is 0.224 e. The number of furan rings is 1. The van der Waals surface area contributed by atoms with Gasteiger partial charge in [0.1, 0.15) is 5.76 Å². The van der Waals surface area contributed by atoms with Gasteiger partial charge in [0.25, 0.3) is 0 Å². The van der Waals surface area contributed by atoms with Crippen LogP contribution in [-0.2, 0) is 11.3 Å². The Balaban J connectivity index is 1.94. The molecule has 0 radical (unpaired) electrons. The van der Waals surface area contributed by atoms with E-state index in [1.54, 1.807) is 6.26 Å². The highest BCUT2D eigenvalue weighted by molar-refractivity contribution is 5.77. The summed E-state index contributed by atoms with van der Waals surface area (Å²) in [6, 6.07) is 1.94. The molecule has 1 fully saturated rings. The lowest BCUT2D eigenvalue weighted by Crippen LogP contribution is -2.48. The largest absolute Gasteiger partial charge is 0.469 e. The van der Waals surface area contributed by atoms with Crippen LogP contribution in [0.25, 0.3) is 0 Å². The van der Waals surface area contributed by atoms with Crippen LogP contribution < -0.4 is 5.32 Å². The Morgan fingerprint density at radius 3 is 2.65 bits per heavy atom. The number of nitrogens with zero attached hydrogens (tertiary/aromatic N) is 1. The molecule has 0 unspecified atom stereocenters. The quantitative estimate of drug-likeness (QED) is 0.901. The van der Waals surface area contributed by atoms with E-state index >= 15 is 0 Å². The summed E-state index contributed by atoms with van der Waals surface area (Å²) in [5.74, 6) is 1.10. The van der Waals surface area contributed by atoms with Crippen LogP contribution in [0.5, 0.6) is 0 Å². The summed E-state index contributed by atoms with van der Waals surface area (Å²) in [6.45, 7) is 2.56. The van der Waals surface area contributed by atoms with Gasteiger partial charge >= 0.3 is 0 Å². The summed E-state index contributed by atoms with van der Waals surface area (Å²) in [6.07, 6.45) is 8.22. The van der Waals surface area contributed by atoms with Crippen molar-refractivity contribution < 1.29 is 9.21 Å². The molecule has 112 valence electrons. The molecular formula is C16H26N2O2. The highest BCUT2D eigenvalue weighted by Gasteiger charge is 2.33. The zero-order valence-corrected chi connectivity index (χ0v) is 12.9. The molecular weight excluding hydrogens is 252 g/mol. The van der Waals surface area contributed by atoms with Crippen LogP contribution in [0.1, 0.15) is 49.8 Å². The average molecular weight is 278 g/mol. The van der Waals surface area contributed by atoms with Crippen LogP contribution in [0, 0.1) is 6.92 Å². The van der Waals surface area contributed by atoms with Gasteiger partial charge in [0.15, 0.2) is 0 Å². The maximum absolute atomic E-state index is 12.5. The van der Waals surface area contributed by atoms with Crippen molar-refractivity contribution in [1.29, 1.82) is 0 Å². The van der Waals surface area contributed by atoms with Crippen molar-refractivity contribution in [3.05, 3.63) is 23.7 Å². The summed E-state index contributed by atoms with van der Waals surface area (Å²) >= 11 is 0. The van der Waals surface area contributed by atoms with Gasteiger partial charge in [-0.05, 0) is 32.9 Å². The second-order valence-electron chi connectivity index (χ2n) is 6.02. The number of rotatable bonds is 5. The summed E-state index contributed by atoms with van der Waals surface area (Å²) in [4.78, 5) is 14.3. The van der Waals surface area contributed by atoms with Crippen molar-refractivity contribution in [2.75, 3.05) is 14.1 Å². The monoisotopic (exact) mass is 278 g/mol. The number of nitrogens with one attached hydrogen (secondary N) is 1. The molecule has 1 aromatic rings. The standard InChI is InChI=1S/C16H26N2O2/c1-13-14(7-10-20-13)12-18(3)15(19)11-16(17-2)8-5-4-6-9-16/h7,10,17H,4-6,8-9,11-12H2,1-3H3. The zero-order chi connectivity index (χ0) is 14.6. The van der Waals surface area contributed by atoms with Crippen LogP contribution in [0.15, 0.2) is 16.7 Å². The summed E-state index contributed by atoms with van der Waals surface area (Å²) in [5, 5.41) is 3.41. The summed E-state index contributed by atoms with van der Waals surface area (Å²) in [5.41, 5.74) is 1.10. The maximum Gasteiger partial charge on any atom is 0.224 e. The molecule has 0 bridgehead atoms. The predicted molar refractivity (Wildman–Crippen MR) is 79.4 cm³/mol. The second kappa shape index (κ2) is 6.44. The van der Waals surface area contributed by atoms with E-state index in [1.807, 2.05) is 32.0 Å². The lowest BCUT2D eigenvalue weighted by molar-refractivity contribution is -0.132. The third kappa shape index (κ3) is 3.42. The number of aryl methyl sites for hydroxylation is 1. The Labute approximate surface area is 121 Å². The maximum atomic E-state index is 12.5. The average Bonchev–Trinajstić information content (AvgIpc) is 2.85. The Kier molecular flexibility index (Phi) is 4.86. The molecule has 1 amide bonds. The zero-order valence-electron chi connectivity index (χ0n) is 12.9. The van der Waals surface area contributed by atoms with Gasteiger partial charge in [-0.2, -0.15) is 0 Å². The van der Waals surface area contributed by atoms with E-state index in [9.17, 15) is 4.79 Å². The van der Waals surface area contributed by atoms with E-state index in [4.69, 9.17) is 4.42 Å². The van der Waals surface area contributed by atoms with Gasteiger partial charge in [-0.1, -0.05) is 19.3 Å². The van der Waals surface area contributed by atoms with Crippen molar-refractivity contribution in [1.82, 2.24) is 10.2 Å². The lowest BCUT2D eigenvalue weighted by Gasteiger charge is -2.37. The summed E-state index contributed by atoms with van der Waals surface area (Å²) in [7, 11) is 3.86. The van der Waals surface area contributed by atoms with Crippen molar-refractivity contribution in [2.24, 2.45) is 0 Å². The molecule has 1 aromatic heterocycles. The minimum Gasteiger partial charge on any atom is -0.469 e. The number of carbonyl (C=O) groups excluding carboxylic acids is 1. The van der Waals surface area contributed by atoms with Crippen LogP contribution >= 0.6 is 0 Å². The first-order chi connectivity index (χ1) is 9.56. The number of carbonyl (C=O) groups is 1. The summed E-state index contributed by atoms with van der Waals surface area (Å²) < 4.78 is 5.29. The van der Waals surface area contributed by atoms with E-state index < -0.39 is 0 Å². The van der Waals surface area contributed by atoms with E-state index in [2.05, 4.69) is 5.32 Å². The Morgan fingerprint density at radius 1 is 1.40 bits per heavy atom. The van der Waals surface area contributed by atoms with Crippen LogP contribution in [-0.4, -0.2) is 30.4 Å². The number of amides is 1. The van der Waals surface area contributed by atoms with Gasteiger partial charge in [0.05, 0.1) is 6.26 Å². The van der Waals surface area contributed by atoms with E-state index in [0.29, 0.717) is 13.0 Å². The van der Waals surface area contributed by atoms with Gasteiger partial charge in [0, 0.05) is 31.1 Å². The number of hydrogen-bond acceptors (Lipinski definition) is 3. The Morgan fingerprint density at radius 2 is 2.10 bits per heavy atom. The highest BCUT2D eigenvalue weighted by Crippen LogP contribution is 2.31. The molecule has 0 saturated heterocycles.